The van der Waals surface area contributed by atoms with Gasteiger partial charge >= 0.3 is 0 Å². The van der Waals surface area contributed by atoms with E-state index < -0.39 is 0 Å². The van der Waals surface area contributed by atoms with Crippen molar-refractivity contribution in [2.24, 2.45) is 5.92 Å². The van der Waals surface area contributed by atoms with E-state index in [1.807, 2.05) is 6.92 Å². The molecule has 1 aromatic carbocycles. The molecule has 3 heterocycles. The second kappa shape index (κ2) is 7.80. The molecule has 0 spiro atoms. The molecule has 27 heavy (non-hydrogen) atoms. The van der Waals surface area contributed by atoms with Crippen molar-refractivity contribution >= 4 is 5.91 Å². The molecule has 6 nitrogen and oxygen atoms in total. The molecule has 144 valence electrons. The Morgan fingerprint density at radius 1 is 1.22 bits per heavy atom. The molecular formula is C21H28N4O2. The summed E-state index contributed by atoms with van der Waals surface area (Å²) in [4.78, 5) is 21.9. The van der Waals surface area contributed by atoms with Gasteiger partial charge < -0.3 is 9.42 Å². The highest BCUT2D eigenvalue weighted by Crippen LogP contribution is 2.28. The van der Waals surface area contributed by atoms with Crippen molar-refractivity contribution in [2.75, 3.05) is 19.6 Å². The molecule has 1 aromatic heterocycles. The quantitative estimate of drug-likeness (QED) is 0.830. The summed E-state index contributed by atoms with van der Waals surface area (Å²) in [5.41, 5.74) is 2.68. The van der Waals surface area contributed by atoms with Crippen LogP contribution in [0.2, 0.25) is 0 Å². The number of nitrogens with zero attached hydrogens (tertiary/aromatic N) is 4. The molecule has 1 fully saturated rings. The first-order valence-electron chi connectivity index (χ1n) is 10.1. The standard InChI is InChI=1S/C21H28N4O2/c1-3-19-22-20(27-23-19)15(2)24-11-9-17(10-12-24)21(26)25-13-8-16-6-4-5-7-18(16)14-25/h4-7,15,17H,3,8-14H2,1-2H3. The molecule has 6 heteroatoms. The van der Waals surface area contributed by atoms with Crippen LogP contribution in [0.25, 0.3) is 0 Å². The first-order chi connectivity index (χ1) is 13.2. The smallest absolute Gasteiger partial charge is 0.243 e. The third kappa shape index (κ3) is 3.76. The highest BCUT2D eigenvalue weighted by atomic mass is 16.5. The van der Waals surface area contributed by atoms with Crippen LogP contribution in [-0.2, 0) is 24.2 Å². The van der Waals surface area contributed by atoms with Crippen molar-refractivity contribution < 1.29 is 9.32 Å². The van der Waals surface area contributed by atoms with E-state index in [1.165, 1.54) is 11.1 Å². The van der Waals surface area contributed by atoms with Gasteiger partial charge in [-0.2, -0.15) is 4.98 Å². The van der Waals surface area contributed by atoms with E-state index in [0.29, 0.717) is 11.8 Å². The van der Waals surface area contributed by atoms with Crippen molar-refractivity contribution in [3.8, 4) is 0 Å². The number of benzene rings is 1. The van der Waals surface area contributed by atoms with Crippen LogP contribution < -0.4 is 0 Å². The summed E-state index contributed by atoms with van der Waals surface area (Å²) in [5.74, 6) is 1.90. The summed E-state index contributed by atoms with van der Waals surface area (Å²) in [5, 5.41) is 4.00. The van der Waals surface area contributed by atoms with Gasteiger partial charge in [-0.3, -0.25) is 9.69 Å². The summed E-state index contributed by atoms with van der Waals surface area (Å²) >= 11 is 0. The minimum atomic E-state index is 0.107. The molecule has 0 bridgehead atoms. The Morgan fingerprint density at radius 2 is 1.96 bits per heavy atom. The monoisotopic (exact) mass is 368 g/mol. The van der Waals surface area contributed by atoms with E-state index in [2.05, 4.69) is 51.1 Å². The van der Waals surface area contributed by atoms with E-state index in [4.69, 9.17) is 4.52 Å². The van der Waals surface area contributed by atoms with Gasteiger partial charge in [0.2, 0.25) is 11.8 Å². The summed E-state index contributed by atoms with van der Waals surface area (Å²) in [6.07, 6.45) is 3.55. The Morgan fingerprint density at radius 3 is 2.67 bits per heavy atom. The number of hydrogen-bond donors (Lipinski definition) is 0. The van der Waals surface area contributed by atoms with Gasteiger partial charge in [0.25, 0.3) is 0 Å². The van der Waals surface area contributed by atoms with Gasteiger partial charge in [-0.15, -0.1) is 0 Å². The zero-order valence-corrected chi connectivity index (χ0v) is 16.2. The van der Waals surface area contributed by atoms with E-state index >= 15 is 0 Å². The van der Waals surface area contributed by atoms with E-state index in [-0.39, 0.29) is 12.0 Å². The fourth-order valence-electron chi connectivity index (χ4n) is 4.21. The van der Waals surface area contributed by atoms with Gasteiger partial charge in [0.05, 0.1) is 6.04 Å². The Bertz CT molecular complexity index is 795. The number of likely N-dealkylation sites (tertiary alicyclic amines) is 1. The lowest BCUT2D eigenvalue weighted by atomic mass is 9.92. The zero-order chi connectivity index (χ0) is 18.8. The van der Waals surface area contributed by atoms with Crippen molar-refractivity contribution in [3.63, 3.8) is 0 Å². The molecule has 0 N–H and O–H groups in total. The van der Waals surface area contributed by atoms with Crippen LogP contribution in [0.3, 0.4) is 0 Å². The van der Waals surface area contributed by atoms with E-state index in [1.54, 1.807) is 0 Å². The fraction of sp³-hybridized carbons (Fsp3) is 0.571. The number of carbonyl (C=O) groups excluding carboxylic acids is 1. The summed E-state index contributed by atoms with van der Waals surface area (Å²) in [6.45, 7) is 7.52. The Kier molecular flexibility index (Phi) is 5.25. The number of carbonyl (C=O) groups is 1. The van der Waals surface area contributed by atoms with Crippen LogP contribution in [0, 0.1) is 5.92 Å². The van der Waals surface area contributed by atoms with E-state index in [9.17, 15) is 4.79 Å². The molecule has 1 unspecified atom stereocenters. The van der Waals surface area contributed by atoms with Crippen molar-refractivity contribution in [3.05, 3.63) is 47.1 Å². The molecule has 0 radical (unpaired) electrons. The number of aryl methyl sites for hydroxylation is 1. The minimum Gasteiger partial charge on any atom is -0.338 e. The number of hydrogen-bond acceptors (Lipinski definition) is 5. The van der Waals surface area contributed by atoms with Gasteiger partial charge in [-0.25, -0.2) is 0 Å². The molecule has 1 amide bonds. The highest BCUT2D eigenvalue weighted by molar-refractivity contribution is 5.79. The van der Waals surface area contributed by atoms with Crippen molar-refractivity contribution in [1.29, 1.82) is 0 Å². The van der Waals surface area contributed by atoms with Crippen LogP contribution in [0.4, 0.5) is 0 Å². The van der Waals surface area contributed by atoms with Crippen LogP contribution >= 0.6 is 0 Å². The molecular weight excluding hydrogens is 340 g/mol. The molecule has 2 aromatic rings. The third-order valence-corrected chi connectivity index (χ3v) is 6.03. The number of piperidine rings is 1. The number of fused-ring (bicyclic) bond motifs is 1. The maximum Gasteiger partial charge on any atom is 0.243 e. The zero-order valence-electron chi connectivity index (χ0n) is 16.2. The van der Waals surface area contributed by atoms with Gasteiger partial charge in [-0.05, 0) is 50.4 Å². The summed E-state index contributed by atoms with van der Waals surface area (Å²) < 4.78 is 5.40. The van der Waals surface area contributed by atoms with Crippen molar-refractivity contribution in [2.45, 2.75) is 52.1 Å². The lowest BCUT2D eigenvalue weighted by molar-refractivity contribution is -0.138. The SMILES string of the molecule is CCc1noc(C(C)N2CCC(C(=O)N3CCc4ccccc4C3)CC2)n1. The predicted molar refractivity (Wildman–Crippen MR) is 102 cm³/mol. The Labute approximate surface area is 160 Å². The van der Waals surface area contributed by atoms with Crippen LogP contribution in [0.1, 0.15) is 55.6 Å². The largest absolute Gasteiger partial charge is 0.338 e. The molecule has 0 saturated carbocycles. The second-order valence-electron chi connectivity index (χ2n) is 7.67. The molecule has 4 rings (SSSR count). The first-order valence-corrected chi connectivity index (χ1v) is 10.1. The van der Waals surface area contributed by atoms with E-state index in [0.717, 1.165) is 57.7 Å². The number of rotatable bonds is 4. The number of amides is 1. The average molecular weight is 368 g/mol. The lowest BCUT2D eigenvalue weighted by Crippen LogP contribution is -2.44. The van der Waals surface area contributed by atoms with Crippen LogP contribution in [0.5, 0.6) is 0 Å². The fourth-order valence-corrected chi connectivity index (χ4v) is 4.21. The third-order valence-electron chi connectivity index (χ3n) is 6.03. The summed E-state index contributed by atoms with van der Waals surface area (Å²) in [6, 6.07) is 8.58. The first kappa shape index (κ1) is 18.2. The average Bonchev–Trinajstić information content (AvgIpc) is 3.22. The molecule has 0 aliphatic carbocycles. The Hall–Kier alpha value is -2.21. The molecule has 1 saturated heterocycles. The molecule has 2 aliphatic heterocycles. The normalized spacial score (nSPS) is 19.7. The topological polar surface area (TPSA) is 62.5 Å². The van der Waals surface area contributed by atoms with Gasteiger partial charge in [0, 0.05) is 25.4 Å². The summed E-state index contributed by atoms with van der Waals surface area (Å²) in [7, 11) is 0. The highest BCUT2D eigenvalue weighted by Gasteiger charge is 2.32. The van der Waals surface area contributed by atoms with Gasteiger partial charge in [0.15, 0.2) is 5.82 Å². The van der Waals surface area contributed by atoms with Crippen LogP contribution in [-0.4, -0.2) is 45.5 Å². The maximum absolute atomic E-state index is 13.0. The van der Waals surface area contributed by atoms with Gasteiger partial charge in [0.1, 0.15) is 0 Å². The van der Waals surface area contributed by atoms with Gasteiger partial charge in [-0.1, -0.05) is 36.3 Å². The van der Waals surface area contributed by atoms with Crippen LogP contribution in [0.15, 0.2) is 28.8 Å². The molecule has 2 aliphatic rings. The number of aromatic nitrogens is 2. The van der Waals surface area contributed by atoms with Crippen molar-refractivity contribution in [1.82, 2.24) is 19.9 Å². The molecule has 1 atom stereocenters. The predicted octanol–water partition coefficient (Wildman–Crippen LogP) is 2.99. The minimum absolute atomic E-state index is 0.107. The maximum atomic E-state index is 13.0. The second-order valence-corrected chi connectivity index (χ2v) is 7.67. The lowest BCUT2D eigenvalue weighted by Gasteiger charge is -2.37. The Balaban J connectivity index is 1.33.